The van der Waals surface area contributed by atoms with Gasteiger partial charge in [0.15, 0.2) is 12.2 Å². The molecule has 0 aliphatic heterocycles. The first-order chi connectivity index (χ1) is 11.2. The number of ether oxygens (including phenoxy) is 2. The van der Waals surface area contributed by atoms with E-state index in [-0.39, 0.29) is 0 Å². The van der Waals surface area contributed by atoms with Crippen LogP contribution >= 0.6 is 0 Å². The first kappa shape index (κ1) is 16.9. The molecule has 0 saturated heterocycles. The average Bonchev–Trinajstić information content (AvgIpc) is 2.61. The maximum absolute atomic E-state index is 12.3. The topological polar surface area (TPSA) is 48.4 Å². The summed E-state index contributed by atoms with van der Waals surface area (Å²) in [4.78, 5) is 16.6. The van der Waals surface area contributed by atoms with Gasteiger partial charge in [0.2, 0.25) is 0 Å². The van der Waals surface area contributed by atoms with Gasteiger partial charge in [-0.2, -0.15) is 0 Å². The van der Waals surface area contributed by atoms with E-state index in [0.29, 0.717) is 18.7 Å². The highest BCUT2D eigenvalue weighted by Gasteiger charge is 2.23. The van der Waals surface area contributed by atoms with Crippen molar-refractivity contribution in [2.24, 2.45) is 0 Å². The number of nitrogens with zero attached hydrogens (tertiary/aromatic N) is 1. The summed E-state index contributed by atoms with van der Waals surface area (Å²) >= 11 is 0. The smallest absolute Gasteiger partial charge is 0.335 e. The molecule has 0 aliphatic rings. The zero-order chi connectivity index (χ0) is 16.5. The number of pyridine rings is 1. The van der Waals surface area contributed by atoms with E-state index < -0.39 is 18.2 Å². The Morgan fingerprint density at radius 2 is 1.96 bits per heavy atom. The zero-order valence-corrected chi connectivity index (χ0v) is 13.2. The number of carbonyl (C=O) groups excluding carboxylic acids is 1. The van der Waals surface area contributed by atoms with E-state index in [0.717, 1.165) is 5.56 Å². The van der Waals surface area contributed by atoms with Crippen LogP contribution in [-0.4, -0.2) is 23.7 Å². The normalized spacial score (nSPS) is 13.1. The Morgan fingerprint density at radius 3 is 2.61 bits per heavy atom. The van der Waals surface area contributed by atoms with E-state index >= 15 is 0 Å². The SMILES string of the molecule is C=CCCOC(C)C(=O)OC(c1ccccc1)c1ccccn1. The summed E-state index contributed by atoms with van der Waals surface area (Å²) in [5.41, 5.74) is 1.56. The molecule has 4 nitrogen and oxygen atoms in total. The van der Waals surface area contributed by atoms with Crippen molar-refractivity contribution in [2.45, 2.75) is 25.6 Å². The molecule has 1 heterocycles. The molecular formula is C19H21NO3. The zero-order valence-electron chi connectivity index (χ0n) is 13.2. The third-order valence-electron chi connectivity index (χ3n) is 3.31. The summed E-state index contributed by atoms with van der Waals surface area (Å²) in [6.07, 6.45) is 2.95. The molecule has 1 aromatic carbocycles. The number of hydrogen-bond acceptors (Lipinski definition) is 4. The van der Waals surface area contributed by atoms with Crippen LogP contribution in [0, 0.1) is 0 Å². The Bertz CT molecular complexity index is 574. The van der Waals surface area contributed by atoms with E-state index in [1.54, 1.807) is 19.2 Å². The van der Waals surface area contributed by atoms with Gasteiger partial charge in [-0.05, 0) is 31.0 Å². The Hall–Kier alpha value is -2.46. The van der Waals surface area contributed by atoms with Crippen molar-refractivity contribution >= 4 is 5.97 Å². The Balaban J connectivity index is 2.12. The molecule has 0 radical (unpaired) electrons. The van der Waals surface area contributed by atoms with Crippen LogP contribution in [0.2, 0.25) is 0 Å². The summed E-state index contributed by atoms with van der Waals surface area (Å²) in [5, 5.41) is 0. The Morgan fingerprint density at radius 1 is 1.22 bits per heavy atom. The van der Waals surface area contributed by atoms with Gasteiger partial charge in [-0.3, -0.25) is 4.98 Å². The minimum atomic E-state index is -0.634. The Kier molecular flexibility index (Phi) is 6.51. The summed E-state index contributed by atoms with van der Waals surface area (Å²) in [5.74, 6) is -0.409. The summed E-state index contributed by atoms with van der Waals surface area (Å²) in [6, 6.07) is 15.1. The van der Waals surface area contributed by atoms with Crippen LogP contribution in [0.5, 0.6) is 0 Å². The van der Waals surface area contributed by atoms with Crippen LogP contribution < -0.4 is 0 Å². The monoisotopic (exact) mass is 311 g/mol. The maximum atomic E-state index is 12.3. The molecule has 0 spiro atoms. The van der Waals surface area contributed by atoms with Gasteiger partial charge in [-0.25, -0.2) is 4.79 Å². The second-order valence-electron chi connectivity index (χ2n) is 5.07. The molecule has 4 heteroatoms. The highest BCUT2D eigenvalue weighted by Crippen LogP contribution is 2.25. The van der Waals surface area contributed by atoms with E-state index in [4.69, 9.17) is 9.47 Å². The molecule has 0 aliphatic carbocycles. The molecule has 2 rings (SSSR count). The summed E-state index contributed by atoms with van der Waals surface area (Å²) in [7, 11) is 0. The van der Waals surface area contributed by atoms with Gasteiger partial charge in [0.05, 0.1) is 12.3 Å². The molecule has 0 saturated carbocycles. The van der Waals surface area contributed by atoms with Crippen LogP contribution in [0.4, 0.5) is 0 Å². The van der Waals surface area contributed by atoms with Gasteiger partial charge in [-0.15, -0.1) is 6.58 Å². The van der Waals surface area contributed by atoms with E-state index in [1.807, 2.05) is 48.5 Å². The minimum absolute atomic E-state index is 0.409. The van der Waals surface area contributed by atoms with Crippen molar-refractivity contribution in [1.82, 2.24) is 4.98 Å². The standard InChI is InChI=1S/C19H21NO3/c1-3-4-14-22-15(2)19(21)23-18(16-10-6-5-7-11-16)17-12-8-9-13-20-17/h3,5-13,15,18H,1,4,14H2,2H3. The molecule has 1 aromatic heterocycles. The summed E-state index contributed by atoms with van der Waals surface area (Å²) in [6.45, 7) is 5.76. The highest BCUT2D eigenvalue weighted by atomic mass is 16.6. The van der Waals surface area contributed by atoms with Crippen molar-refractivity contribution in [3.05, 3.63) is 78.6 Å². The van der Waals surface area contributed by atoms with Crippen LogP contribution in [0.3, 0.4) is 0 Å². The van der Waals surface area contributed by atoms with Crippen molar-refractivity contribution in [2.75, 3.05) is 6.61 Å². The molecule has 2 unspecified atom stereocenters. The fourth-order valence-electron chi connectivity index (χ4n) is 2.07. The first-order valence-electron chi connectivity index (χ1n) is 7.61. The van der Waals surface area contributed by atoms with Crippen LogP contribution in [0.15, 0.2) is 67.4 Å². The Labute approximate surface area is 136 Å². The lowest BCUT2D eigenvalue weighted by Crippen LogP contribution is -2.26. The fraction of sp³-hybridized carbons (Fsp3) is 0.263. The van der Waals surface area contributed by atoms with Crippen molar-refractivity contribution in [1.29, 1.82) is 0 Å². The molecule has 2 atom stereocenters. The number of aromatic nitrogens is 1. The third kappa shape index (κ3) is 5.04. The van der Waals surface area contributed by atoms with Gasteiger partial charge in [-0.1, -0.05) is 42.5 Å². The molecule has 0 bridgehead atoms. The maximum Gasteiger partial charge on any atom is 0.335 e. The number of benzene rings is 1. The number of rotatable bonds is 8. The summed E-state index contributed by atoms with van der Waals surface area (Å²) < 4.78 is 11.1. The molecule has 2 aromatic rings. The van der Waals surface area contributed by atoms with Gasteiger partial charge in [0, 0.05) is 6.20 Å². The van der Waals surface area contributed by atoms with E-state index in [9.17, 15) is 4.79 Å². The van der Waals surface area contributed by atoms with E-state index in [1.165, 1.54) is 0 Å². The number of carbonyl (C=O) groups is 1. The van der Waals surface area contributed by atoms with Gasteiger partial charge >= 0.3 is 5.97 Å². The van der Waals surface area contributed by atoms with Crippen molar-refractivity contribution in [3.63, 3.8) is 0 Å². The first-order valence-corrected chi connectivity index (χ1v) is 7.61. The number of hydrogen-bond donors (Lipinski definition) is 0. The predicted octanol–water partition coefficient (Wildman–Crippen LogP) is 3.70. The van der Waals surface area contributed by atoms with Crippen molar-refractivity contribution < 1.29 is 14.3 Å². The second kappa shape index (κ2) is 8.86. The average molecular weight is 311 g/mol. The van der Waals surface area contributed by atoms with E-state index in [2.05, 4.69) is 11.6 Å². The lowest BCUT2D eigenvalue weighted by molar-refractivity contribution is -0.160. The second-order valence-corrected chi connectivity index (χ2v) is 5.07. The van der Waals surface area contributed by atoms with Gasteiger partial charge < -0.3 is 9.47 Å². The molecular weight excluding hydrogens is 290 g/mol. The molecule has 23 heavy (non-hydrogen) atoms. The largest absolute Gasteiger partial charge is 0.449 e. The molecule has 0 amide bonds. The third-order valence-corrected chi connectivity index (χ3v) is 3.31. The highest BCUT2D eigenvalue weighted by molar-refractivity contribution is 5.74. The van der Waals surface area contributed by atoms with Crippen LogP contribution in [0.1, 0.15) is 30.7 Å². The van der Waals surface area contributed by atoms with Gasteiger partial charge in [0.1, 0.15) is 0 Å². The predicted molar refractivity (Wildman–Crippen MR) is 88.8 cm³/mol. The van der Waals surface area contributed by atoms with Crippen LogP contribution in [-0.2, 0) is 14.3 Å². The van der Waals surface area contributed by atoms with Crippen molar-refractivity contribution in [3.8, 4) is 0 Å². The molecule has 0 N–H and O–H groups in total. The van der Waals surface area contributed by atoms with Crippen LogP contribution in [0.25, 0.3) is 0 Å². The number of esters is 1. The molecule has 120 valence electrons. The van der Waals surface area contributed by atoms with Gasteiger partial charge in [0.25, 0.3) is 0 Å². The molecule has 0 fully saturated rings. The lowest BCUT2D eigenvalue weighted by Gasteiger charge is -2.20. The quantitative estimate of drug-likeness (QED) is 0.424. The minimum Gasteiger partial charge on any atom is -0.449 e. The lowest BCUT2D eigenvalue weighted by atomic mass is 10.1. The fourth-order valence-corrected chi connectivity index (χ4v) is 2.07.